The number of rotatable bonds is 6. The first-order valence-corrected chi connectivity index (χ1v) is 11.6. The number of carbonyl (C=O) groups is 1. The van der Waals surface area contributed by atoms with Crippen LogP contribution in [0.2, 0.25) is 10.0 Å². The van der Waals surface area contributed by atoms with Gasteiger partial charge in [0, 0.05) is 47.3 Å². The van der Waals surface area contributed by atoms with Gasteiger partial charge in [0.25, 0.3) is 5.91 Å². The van der Waals surface area contributed by atoms with Crippen LogP contribution in [0.5, 0.6) is 5.75 Å². The number of fused-ring (bicyclic) bond motifs is 2. The quantitative estimate of drug-likeness (QED) is 0.304. The molecule has 0 spiro atoms. The molecule has 0 fully saturated rings. The van der Waals surface area contributed by atoms with Gasteiger partial charge in [-0.15, -0.1) is 0 Å². The molecule has 0 bridgehead atoms. The monoisotopic (exact) mass is 483 g/mol. The number of phenolic OH excluding ortho intramolecular Hbond substituents is 1. The number of hydrogen-bond donors (Lipinski definition) is 1. The van der Waals surface area contributed by atoms with E-state index >= 15 is 0 Å². The van der Waals surface area contributed by atoms with Crippen molar-refractivity contribution in [2.45, 2.75) is 26.7 Å². The molecule has 1 heterocycles. The van der Waals surface area contributed by atoms with E-state index in [2.05, 4.69) is 13.8 Å². The molecule has 0 saturated heterocycles. The van der Waals surface area contributed by atoms with Crippen molar-refractivity contribution in [1.29, 1.82) is 0 Å². The van der Waals surface area contributed by atoms with E-state index in [-0.39, 0.29) is 27.1 Å². The first-order chi connectivity index (χ1) is 15.8. The summed E-state index contributed by atoms with van der Waals surface area (Å²) < 4.78 is 5.89. The Morgan fingerprint density at radius 2 is 1.64 bits per heavy atom. The van der Waals surface area contributed by atoms with Crippen LogP contribution in [-0.2, 0) is 0 Å². The minimum absolute atomic E-state index is 0.00460. The number of nitrogens with zero attached hydrogens (tertiary/aromatic N) is 1. The van der Waals surface area contributed by atoms with E-state index in [0.717, 1.165) is 24.0 Å². The van der Waals surface area contributed by atoms with E-state index in [1.807, 2.05) is 17.0 Å². The summed E-state index contributed by atoms with van der Waals surface area (Å²) in [5, 5.41) is 11.0. The van der Waals surface area contributed by atoms with E-state index in [1.54, 1.807) is 24.3 Å². The highest BCUT2D eigenvalue weighted by Gasteiger charge is 2.21. The van der Waals surface area contributed by atoms with Crippen molar-refractivity contribution in [2.24, 2.45) is 0 Å². The lowest BCUT2D eigenvalue weighted by Gasteiger charge is -2.22. The van der Waals surface area contributed by atoms with Crippen LogP contribution < -0.4 is 5.43 Å². The molecule has 0 aromatic heterocycles. The Morgan fingerprint density at radius 3 is 2.27 bits per heavy atom. The minimum Gasteiger partial charge on any atom is -0.506 e. The van der Waals surface area contributed by atoms with E-state index in [9.17, 15) is 14.7 Å². The molecule has 7 heteroatoms. The van der Waals surface area contributed by atoms with Gasteiger partial charge >= 0.3 is 0 Å². The molecule has 1 aliphatic carbocycles. The summed E-state index contributed by atoms with van der Waals surface area (Å²) in [4.78, 5) is 27.0. The average molecular weight is 484 g/mol. The predicted octanol–water partition coefficient (Wildman–Crippen LogP) is 6.84. The van der Waals surface area contributed by atoms with Gasteiger partial charge in [0.15, 0.2) is 0 Å². The Labute approximate surface area is 201 Å². The summed E-state index contributed by atoms with van der Waals surface area (Å²) in [6.45, 7) is 5.53. The van der Waals surface area contributed by atoms with Gasteiger partial charge in [-0.3, -0.25) is 9.59 Å². The lowest BCUT2D eigenvalue weighted by molar-refractivity contribution is 0.0755. The fourth-order valence-corrected chi connectivity index (χ4v) is 4.36. The molecule has 33 heavy (non-hydrogen) atoms. The lowest BCUT2D eigenvalue weighted by atomic mass is 9.93. The highest BCUT2D eigenvalue weighted by Crippen LogP contribution is 2.43. The van der Waals surface area contributed by atoms with Gasteiger partial charge in [-0.1, -0.05) is 49.2 Å². The number of benzene rings is 3. The first-order valence-electron chi connectivity index (χ1n) is 10.8. The smallest absolute Gasteiger partial charge is 0.253 e. The topological polar surface area (TPSA) is 70.8 Å². The molecule has 2 aromatic carbocycles. The van der Waals surface area contributed by atoms with E-state index in [1.165, 1.54) is 12.1 Å². The molecule has 0 saturated carbocycles. The lowest BCUT2D eigenvalue weighted by Crippen LogP contribution is -2.32. The molecule has 2 aromatic rings. The SMILES string of the molecule is CCCN(CCC)C(=O)c1ccc(-c2c3cc(Cl)c(=O)cc-3oc3cc(O)c(Cl)cc23)cc1. The standard InChI is InChI=1S/C26H23Cl2NO4/c1-3-9-29(10-4-2)26(32)16-7-5-15(6-8-16)25-17-11-19(27)21(30)13-23(17)33-24-14-22(31)20(28)12-18(24)25/h5-8,11-14,30H,3-4,9-10H2,1-2H3. The maximum absolute atomic E-state index is 13.0. The van der Waals surface area contributed by atoms with Crippen molar-refractivity contribution >= 4 is 40.1 Å². The molecular weight excluding hydrogens is 461 g/mol. The van der Waals surface area contributed by atoms with Crippen LogP contribution in [0.15, 0.2) is 57.7 Å². The Bertz CT molecular complexity index is 1360. The zero-order valence-electron chi connectivity index (χ0n) is 18.3. The van der Waals surface area contributed by atoms with Gasteiger partial charge in [0.05, 0.1) is 10.0 Å². The van der Waals surface area contributed by atoms with E-state index in [4.69, 9.17) is 27.6 Å². The van der Waals surface area contributed by atoms with Crippen LogP contribution in [-0.4, -0.2) is 29.0 Å². The van der Waals surface area contributed by atoms with Crippen molar-refractivity contribution in [3.05, 3.63) is 74.4 Å². The van der Waals surface area contributed by atoms with Crippen molar-refractivity contribution in [3.8, 4) is 28.2 Å². The van der Waals surface area contributed by atoms with Crippen molar-refractivity contribution < 1.29 is 14.3 Å². The van der Waals surface area contributed by atoms with Crippen LogP contribution in [0.4, 0.5) is 0 Å². The molecule has 1 N–H and O–H groups in total. The average Bonchev–Trinajstić information content (AvgIpc) is 2.79. The summed E-state index contributed by atoms with van der Waals surface area (Å²) in [6.07, 6.45) is 1.79. The molecule has 170 valence electrons. The van der Waals surface area contributed by atoms with Gasteiger partial charge < -0.3 is 14.4 Å². The molecule has 0 radical (unpaired) electrons. The van der Waals surface area contributed by atoms with Crippen LogP contribution in [0, 0.1) is 0 Å². The van der Waals surface area contributed by atoms with Crippen molar-refractivity contribution in [2.75, 3.05) is 13.1 Å². The second-order valence-electron chi connectivity index (χ2n) is 7.93. The number of carbonyl (C=O) groups excluding carboxylic acids is 1. The van der Waals surface area contributed by atoms with Crippen molar-refractivity contribution in [3.63, 3.8) is 0 Å². The Balaban J connectivity index is 1.89. The molecule has 1 amide bonds. The third-order valence-electron chi connectivity index (χ3n) is 5.54. The maximum atomic E-state index is 13.0. The summed E-state index contributed by atoms with van der Waals surface area (Å²) in [7, 11) is 0. The fourth-order valence-electron chi connectivity index (χ4n) is 4.03. The zero-order valence-corrected chi connectivity index (χ0v) is 19.8. The Morgan fingerprint density at radius 1 is 0.970 bits per heavy atom. The summed E-state index contributed by atoms with van der Waals surface area (Å²) in [6, 6.07) is 13.2. The Hall–Kier alpha value is -3.02. The number of amides is 1. The molecule has 1 aliphatic heterocycles. The fraction of sp³-hybridized carbons (Fsp3) is 0.231. The summed E-state index contributed by atoms with van der Waals surface area (Å²) in [5.41, 5.74) is 2.79. The maximum Gasteiger partial charge on any atom is 0.253 e. The third kappa shape index (κ3) is 4.43. The zero-order chi connectivity index (χ0) is 23.7. The molecule has 5 nitrogen and oxygen atoms in total. The largest absolute Gasteiger partial charge is 0.506 e. The van der Waals surface area contributed by atoms with Gasteiger partial charge in [-0.05, 0) is 42.7 Å². The molecular formula is C26H23Cl2NO4. The van der Waals surface area contributed by atoms with Crippen LogP contribution in [0.1, 0.15) is 37.0 Å². The van der Waals surface area contributed by atoms with E-state index in [0.29, 0.717) is 40.9 Å². The Kier molecular flexibility index (Phi) is 6.63. The predicted molar refractivity (Wildman–Crippen MR) is 133 cm³/mol. The summed E-state index contributed by atoms with van der Waals surface area (Å²) in [5.74, 6) is 0.211. The van der Waals surface area contributed by atoms with Gasteiger partial charge in [-0.2, -0.15) is 0 Å². The number of hydrogen-bond acceptors (Lipinski definition) is 4. The highest BCUT2D eigenvalue weighted by atomic mass is 35.5. The van der Waals surface area contributed by atoms with Crippen LogP contribution in [0.3, 0.4) is 0 Å². The number of halogens is 2. The number of phenols is 1. The second kappa shape index (κ2) is 9.46. The van der Waals surface area contributed by atoms with Crippen LogP contribution >= 0.6 is 23.2 Å². The second-order valence-corrected chi connectivity index (χ2v) is 8.74. The highest BCUT2D eigenvalue weighted by molar-refractivity contribution is 6.33. The third-order valence-corrected chi connectivity index (χ3v) is 6.13. The number of aromatic hydroxyl groups is 1. The molecule has 0 atom stereocenters. The normalized spacial score (nSPS) is 11.3. The van der Waals surface area contributed by atoms with Gasteiger partial charge in [0.1, 0.15) is 17.1 Å². The summed E-state index contributed by atoms with van der Waals surface area (Å²) >= 11 is 12.3. The minimum atomic E-state index is -0.357. The molecule has 2 aliphatic rings. The van der Waals surface area contributed by atoms with Gasteiger partial charge in [0.2, 0.25) is 5.43 Å². The molecule has 0 unspecified atom stereocenters. The first kappa shape index (κ1) is 23.1. The van der Waals surface area contributed by atoms with Gasteiger partial charge in [-0.25, -0.2) is 0 Å². The molecule has 4 rings (SSSR count). The van der Waals surface area contributed by atoms with Crippen molar-refractivity contribution in [1.82, 2.24) is 4.90 Å². The van der Waals surface area contributed by atoms with E-state index < -0.39 is 0 Å². The van der Waals surface area contributed by atoms with Crippen LogP contribution in [0.25, 0.3) is 33.4 Å².